The van der Waals surface area contributed by atoms with Gasteiger partial charge >= 0.3 is 12.1 Å². The van der Waals surface area contributed by atoms with E-state index < -0.39 is 29.5 Å². The van der Waals surface area contributed by atoms with Crippen LogP contribution in [0.3, 0.4) is 0 Å². The smallest absolute Gasteiger partial charge is 0.419 e. The number of phenols is 1. The molecule has 1 aromatic carbocycles. The van der Waals surface area contributed by atoms with Crippen LogP contribution >= 0.6 is 0 Å². The molecule has 1 rings (SSSR count). The van der Waals surface area contributed by atoms with Gasteiger partial charge in [0.1, 0.15) is 11.8 Å². The molecule has 0 saturated carbocycles. The van der Waals surface area contributed by atoms with Crippen LogP contribution in [0.4, 0.5) is 13.2 Å². The maximum absolute atomic E-state index is 12.4. The topological polar surface area (TPSA) is 83.5 Å². The summed E-state index contributed by atoms with van der Waals surface area (Å²) in [4.78, 5) is 10.5. The molecular weight excluding hydrogens is 239 g/mol. The zero-order valence-electron chi connectivity index (χ0n) is 8.53. The number of para-hydroxylation sites is 1. The number of hydrogen-bond donors (Lipinski definition) is 3. The van der Waals surface area contributed by atoms with Gasteiger partial charge in [-0.3, -0.25) is 4.79 Å². The van der Waals surface area contributed by atoms with Crippen LogP contribution in [0.5, 0.6) is 5.75 Å². The first-order valence-corrected chi connectivity index (χ1v) is 4.60. The maximum Gasteiger partial charge on any atom is 0.419 e. The normalized spacial score (nSPS) is 13.4. The third-order valence-electron chi connectivity index (χ3n) is 2.18. The summed E-state index contributed by atoms with van der Waals surface area (Å²) in [7, 11) is 0. The number of hydrogen-bond acceptors (Lipinski definition) is 3. The maximum atomic E-state index is 12.4. The van der Waals surface area contributed by atoms with Crippen molar-refractivity contribution < 1.29 is 28.2 Å². The summed E-state index contributed by atoms with van der Waals surface area (Å²) >= 11 is 0. The zero-order chi connectivity index (χ0) is 13.2. The van der Waals surface area contributed by atoms with E-state index in [0.29, 0.717) is 6.07 Å². The molecule has 0 saturated heterocycles. The lowest BCUT2D eigenvalue weighted by molar-refractivity contribution is -0.139. The molecule has 0 radical (unpaired) electrons. The number of nitrogens with two attached hydrogens (primary N) is 1. The number of halogens is 3. The van der Waals surface area contributed by atoms with Crippen LogP contribution in [0, 0.1) is 0 Å². The Bertz CT molecular complexity index is 431. The number of carbonyl (C=O) groups is 1. The fourth-order valence-corrected chi connectivity index (χ4v) is 1.31. The lowest BCUT2D eigenvalue weighted by Crippen LogP contribution is -2.32. The average Bonchev–Trinajstić information content (AvgIpc) is 2.19. The minimum absolute atomic E-state index is 0.144. The molecule has 0 heterocycles. The van der Waals surface area contributed by atoms with Crippen LogP contribution in [0.2, 0.25) is 0 Å². The molecule has 0 aliphatic carbocycles. The number of aliphatic carboxylic acids is 1. The number of benzene rings is 1. The van der Waals surface area contributed by atoms with Gasteiger partial charge in [0.2, 0.25) is 0 Å². The Kier molecular flexibility index (Phi) is 3.62. The lowest BCUT2D eigenvalue weighted by Gasteiger charge is -2.13. The quantitative estimate of drug-likeness (QED) is 0.755. The van der Waals surface area contributed by atoms with Gasteiger partial charge in [-0.25, -0.2) is 0 Å². The largest absolute Gasteiger partial charge is 0.507 e. The highest BCUT2D eigenvalue weighted by Gasteiger charge is 2.34. The second kappa shape index (κ2) is 4.62. The van der Waals surface area contributed by atoms with E-state index >= 15 is 0 Å². The van der Waals surface area contributed by atoms with Crippen LogP contribution in [0.1, 0.15) is 11.1 Å². The molecule has 1 atom stereocenters. The highest BCUT2D eigenvalue weighted by Crippen LogP contribution is 2.37. The van der Waals surface area contributed by atoms with Crippen molar-refractivity contribution in [1.82, 2.24) is 0 Å². The third-order valence-corrected chi connectivity index (χ3v) is 2.18. The van der Waals surface area contributed by atoms with Gasteiger partial charge in [-0.05, 0) is 11.6 Å². The van der Waals surface area contributed by atoms with Gasteiger partial charge in [0.15, 0.2) is 0 Å². The number of carboxylic acids is 1. The molecule has 17 heavy (non-hydrogen) atoms. The van der Waals surface area contributed by atoms with Crippen molar-refractivity contribution in [3.05, 3.63) is 29.3 Å². The monoisotopic (exact) mass is 249 g/mol. The summed E-state index contributed by atoms with van der Waals surface area (Å²) in [6, 6.07) is 1.65. The standard InChI is InChI=1S/C10H10F3NO3/c11-10(12,13)6-3-1-2-5(8(6)15)4-7(14)9(16)17/h1-3,7,15H,4,14H2,(H,16,17). The predicted molar refractivity (Wildman–Crippen MR) is 52.4 cm³/mol. The van der Waals surface area contributed by atoms with Gasteiger partial charge in [-0.15, -0.1) is 0 Å². The van der Waals surface area contributed by atoms with Gasteiger partial charge in [0.05, 0.1) is 5.56 Å². The minimum Gasteiger partial charge on any atom is -0.507 e. The van der Waals surface area contributed by atoms with E-state index in [1.54, 1.807) is 0 Å². The van der Waals surface area contributed by atoms with Gasteiger partial charge in [-0.2, -0.15) is 13.2 Å². The molecule has 0 spiro atoms. The number of aromatic hydroxyl groups is 1. The fourth-order valence-electron chi connectivity index (χ4n) is 1.31. The predicted octanol–water partition coefficient (Wildman–Crippen LogP) is 1.37. The van der Waals surface area contributed by atoms with Crippen molar-refractivity contribution in [3.8, 4) is 5.75 Å². The minimum atomic E-state index is -4.69. The van der Waals surface area contributed by atoms with E-state index in [1.165, 1.54) is 6.07 Å². The Morgan fingerprint density at radius 1 is 1.41 bits per heavy atom. The Morgan fingerprint density at radius 3 is 2.47 bits per heavy atom. The van der Waals surface area contributed by atoms with E-state index in [4.69, 9.17) is 10.8 Å². The van der Waals surface area contributed by atoms with Gasteiger partial charge < -0.3 is 15.9 Å². The average molecular weight is 249 g/mol. The van der Waals surface area contributed by atoms with Gasteiger partial charge in [0.25, 0.3) is 0 Å². The van der Waals surface area contributed by atoms with Crippen molar-refractivity contribution in [2.45, 2.75) is 18.6 Å². The van der Waals surface area contributed by atoms with Crippen LogP contribution in [-0.4, -0.2) is 22.2 Å². The fraction of sp³-hybridized carbons (Fsp3) is 0.300. The highest BCUT2D eigenvalue weighted by atomic mass is 19.4. The first kappa shape index (κ1) is 13.3. The van der Waals surface area contributed by atoms with Crippen molar-refractivity contribution in [1.29, 1.82) is 0 Å². The lowest BCUT2D eigenvalue weighted by atomic mass is 10.0. The Labute approximate surface area is 94.5 Å². The van der Waals surface area contributed by atoms with Gasteiger partial charge in [-0.1, -0.05) is 12.1 Å². The number of phenolic OH excluding ortho intramolecular Hbond substituents is 1. The van der Waals surface area contributed by atoms with Crippen LogP contribution in [0.15, 0.2) is 18.2 Å². The van der Waals surface area contributed by atoms with Crippen LogP contribution < -0.4 is 5.73 Å². The Morgan fingerprint density at radius 2 is 2.00 bits per heavy atom. The molecule has 0 aliphatic heterocycles. The second-order valence-corrected chi connectivity index (χ2v) is 3.46. The molecule has 0 fully saturated rings. The van der Waals surface area contributed by atoms with E-state index in [9.17, 15) is 23.1 Å². The second-order valence-electron chi connectivity index (χ2n) is 3.46. The summed E-state index contributed by atoms with van der Waals surface area (Å²) in [5, 5.41) is 17.9. The number of alkyl halides is 3. The first-order valence-electron chi connectivity index (χ1n) is 4.60. The molecule has 0 amide bonds. The molecule has 7 heteroatoms. The molecule has 0 aliphatic rings. The van der Waals surface area contributed by atoms with Crippen molar-refractivity contribution in [2.24, 2.45) is 5.73 Å². The van der Waals surface area contributed by atoms with Crippen molar-refractivity contribution >= 4 is 5.97 Å². The van der Waals surface area contributed by atoms with E-state index in [0.717, 1.165) is 6.07 Å². The molecule has 1 aromatic rings. The highest BCUT2D eigenvalue weighted by molar-refractivity contribution is 5.73. The molecule has 0 aromatic heterocycles. The van der Waals surface area contributed by atoms with Crippen LogP contribution in [-0.2, 0) is 17.4 Å². The van der Waals surface area contributed by atoms with E-state index in [2.05, 4.69) is 0 Å². The van der Waals surface area contributed by atoms with Crippen molar-refractivity contribution in [3.63, 3.8) is 0 Å². The van der Waals surface area contributed by atoms with Gasteiger partial charge in [0, 0.05) is 6.42 Å². The SMILES string of the molecule is NC(Cc1cccc(C(F)(F)F)c1O)C(=O)O. The van der Waals surface area contributed by atoms with E-state index in [1.807, 2.05) is 0 Å². The van der Waals surface area contributed by atoms with E-state index in [-0.39, 0.29) is 12.0 Å². The summed E-state index contributed by atoms with van der Waals surface area (Å²) in [6.07, 6.45) is -5.06. The first-order chi connectivity index (χ1) is 7.73. The summed E-state index contributed by atoms with van der Waals surface area (Å²) in [5.74, 6) is -2.32. The molecule has 1 unspecified atom stereocenters. The summed E-state index contributed by atoms with van der Waals surface area (Å²) < 4.78 is 37.3. The summed E-state index contributed by atoms with van der Waals surface area (Å²) in [6.45, 7) is 0. The molecule has 94 valence electrons. The Hall–Kier alpha value is -1.76. The Balaban J connectivity index is 3.07. The van der Waals surface area contributed by atoms with Crippen molar-refractivity contribution in [2.75, 3.05) is 0 Å². The molecule has 4 nitrogen and oxygen atoms in total. The zero-order valence-corrected chi connectivity index (χ0v) is 8.53. The summed E-state index contributed by atoms with van der Waals surface area (Å²) in [5.41, 5.74) is 3.84. The molecule has 4 N–H and O–H groups in total. The molecule has 0 bridgehead atoms. The number of rotatable bonds is 3. The van der Waals surface area contributed by atoms with Crippen LogP contribution in [0.25, 0.3) is 0 Å². The molecular formula is C10H10F3NO3. The number of carboxylic acid groups (broad SMARTS) is 1. The third kappa shape index (κ3) is 3.10.